The van der Waals surface area contributed by atoms with Gasteiger partial charge in [-0.05, 0) is 12.1 Å². The number of nitrogens with one attached hydrogen (secondary N) is 1. The highest BCUT2D eigenvalue weighted by Crippen LogP contribution is 2.14. The molecule has 0 unspecified atom stereocenters. The molecule has 0 saturated carbocycles. The molecule has 21 heavy (non-hydrogen) atoms. The number of thiazole rings is 1. The second kappa shape index (κ2) is 5.88. The number of fused-ring (bicyclic) bond motifs is 1. The van der Waals surface area contributed by atoms with E-state index < -0.39 is 0 Å². The second-order valence-corrected chi connectivity index (χ2v) is 5.48. The summed E-state index contributed by atoms with van der Waals surface area (Å²) in [4.78, 5) is 16.3. The van der Waals surface area contributed by atoms with E-state index in [-0.39, 0.29) is 5.91 Å². The summed E-state index contributed by atoms with van der Waals surface area (Å²) in [5, 5.41) is 8.12. The van der Waals surface area contributed by atoms with Crippen LogP contribution in [0.3, 0.4) is 0 Å². The molecule has 1 N–H and O–H groups in total. The van der Waals surface area contributed by atoms with Gasteiger partial charge in [0.2, 0.25) is 10.7 Å². The van der Waals surface area contributed by atoms with Crippen molar-refractivity contribution in [3.05, 3.63) is 41.7 Å². The third-order valence-electron chi connectivity index (χ3n) is 3.03. The Kier molecular flexibility index (Phi) is 3.78. The van der Waals surface area contributed by atoms with E-state index in [9.17, 15) is 4.79 Å². The molecule has 108 valence electrons. The number of benzene rings is 1. The van der Waals surface area contributed by atoms with Gasteiger partial charge in [-0.15, -0.1) is 5.10 Å². The third-order valence-corrected chi connectivity index (χ3v) is 4.14. The lowest BCUT2D eigenvalue weighted by Gasteiger charge is -1.99. The molecule has 0 saturated heterocycles. The standard InChI is InChI=1S/C13H14N6OS/c1-18-10-4-2-3-5-11(10)21-13(18)17-16-12(20)6-7-19-9-14-8-15-19/h2-5,8-9H,6-7H2,1H3,(H,16,20)/b17-13+. The number of amides is 1. The molecule has 0 aliphatic carbocycles. The van der Waals surface area contributed by atoms with Crippen LogP contribution in [0, 0.1) is 0 Å². The topological polar surface area (TPSA) is 77.1 Å². The van der Waals surface area contributed by atoms with Gasteiger partial charge in [0.1, 0.15) is 12.7 Å². The number of aryl methyl sites for hydroxylation is 2. The molecule has 0 atom stereocenters. The van der Waals surface area contributed by atoms with Crippen molar-refractivity contribution in [2.24, 2.45) is 12.1 Å². The van der Waals surface area contributed by atoms with Crippen LogP contribution in [0.1, 0.15) is 6.42 Å². The van der Waals surface area contributed by atoms with Crippen molar-refractivity contribution in [3.8, 4) is 0 Å². The molecule has 0 spiro atoms. The summed E-state index contributed by atoms with van der Waals surface area (Å²) >= 11 is 1.54. The summed E-state index contributed by atoms with van der Waals surface area (Å²) in [5.41, 5.74) is 3.67. The van der Waals surface area contributed by atoms with Crippen molar-refractivity contribution in [1.29, 1.82) is 0 Å². The van der Waals surface area contributed by atoms with Crippen molar-refractivity contribution in [1.82, 2.24) is 24.8 Å². The first-order chi connectivity index (χ1) is 10.2. The number of nitrogens with zero attached hydrogens (tertiary/aromatic N) is 5. The third kappa shape index (κ3) is 3.00. The highest BCUT2D eigenvalue weighted by atomic mass is 32.1. The van der Waals surface area contributed by atoms with Crippen molar-refractivity contribution in [2.75, 3.05) is 0 Å². The zero-order valence-electron chi connectivity index (χ0n) is 11.4. The van der Waals surface area contributed by atoms with Gasteiger partial charge in [0.15, 0.2) is 0 Å². The smallest absolute Gasteiger partial charge is 0.242 e. The van der Waals surface area contributed by atoms with Crippen LogP contribution in [0.5, 0.6) is 0 Å². The average Bonchev–Trinajstić information content (AvgIpc) is 3.12. The van der Waals surface area contributed by atoms with Crippen LogP contribution in [0.2, 0.25) is 0 Å². The molecule has 0 radical (unpaired) electrons. The molecule has 2 heterocycles. The number of rotatable bonds is 4. The Hall–Kier alpha value is -2.48. The Morgan fingerprint density at radius 3 is 3.05 bits per heavy atom. The fourth-order valence-corrected chi connectivity index (χ4v) is 2.90. The van der Waals surface area contributed by atoms with Gasteiger partial charge in [-0.1, -0.05) is 23.5 Å². The van der Waals surface area contributed by atoms with Crippen LogP contribution in [0.25, 0.3) is 10.2 Å². The van der Waals surface area contributed by atoms with E-state index in [1.165, 1.54) is 17.7 Å². The summed E-state index contributed by atoms with van der Waals surface area (Å²) in [6.45, 7) is 0.486. The summed E-state index contributed by atoms with van der Waals surface area (Å²) in [5.74, 6) is -0.150. The molecule has 0 aliphatic heterocycles. The molecule has 1 amide bonds. The maximum atomic E-state index is 11.8. The highest BCUT2D eigenvalue weighted by molar-refractivity contribution is 7.16. The van der Waals surface area contributed by atoms with Crippen molar-refractivity contribution in [3.63, 3.8) is 0 Å². The first-order valence-corrected chi connectivity index (χ1v) is 7.25. The van der Waals surface area contributed by atoms with Crippen molar-refractivity contribution < 1.29 is 4.79 Å². The quantitative estimate of drug-likeness (QED) is 0.726. The predicted octanol–water partition coefficient (Wildman–Crippen LogP) is 0.853. The van der Waals surface area contributed by atoms with E-state index in [0.29, 0.717) is 13.0 Å². The summed E-state index contributed by atoms with van der Waals surface area (Å²) in [6, 6.07) is 8.03. The number of aromatic nitrogens is 4. The van der Waals surface area contributed by atoms with Crippen LogP contribution in [0.4, 0.5) is 0 Å². The van der Waals surface area contributed by atoms with Gasteiger partial charge in [-0.2, -0.15) is 5.10 Å². The molecule has 0 aliphatic rings. The molecule has 3 aromatic rings. The van der Waals surface area contributed by atoms with Crippen LogP contribution < -0.4 is 10.2 Å². The molecule has 2 aromatic heterocycles. The summed E-state index contributed by atoms with van der Waals surface area (Å²) < 4.78 is 4.70. The molecule has 8 heteroatoms. The van der Waals surface area contributed by atoms with Crippen LogP contribution in [-0.4, -0.2) is 25.2 Å². The fraction of sp³-hybridized carbons (Fsp3) is 0.231. The lowest BCUT2D eigenvalue weighted by Crippen LogP contribution is -2.24. The van der Waals surface area contributed by atoms with E-state index in [4.69, 9.17) is 0 Å². The van der Waals surface area contributed by atoms with E-state index in [0.717, 1.165) is 15.0 Å². The monoisotopic (exact) mass is 302 g/mol. The van der Waals surface area contributed by atoms with E-state index in [2.05, 4.69) is 20.6 Å². The minimum absolute atomic E-state index is 0.150. The van der Waals surface area contributed by atoms with Gasteiger partial charge in [0.05, 0.1) is 16.8 Å². The molecule has 0 bridgehead atoms. The zero-order valence-corrected chi connectivity index (χ0v) is 12.2. The van der Waals surface area contributed by atoms with Gasteiger partial charge < -0.3 is 4.57 Å². The Morgan fingerprint density at radius 1 is 1.43 bits per heavy atom. The van der Waals surface area contributed by atoms with E-state index >= 15 is 0 Å². The lowest BCUT2D eigenvalue weighted by atomic mass is 10.3. The van der Waals surface area contributed by atoms with Crippen LogP contribution >= 0.6 is 11.3 Å². The van der Waals surface area contributed by atoms with Gasteiger partial charge in [0, 0.05) is 13.5 Å². The van der Waals surface area contributed by atoms with Crippen LogP contribution in [0.15, 0.2) is 42.0 Å². The Bertz CT molecular complexity index is 817. The minimum Gasteiger partial charge on any atom is -0.318 e. The SMILES string of the molecule is Cn1/c(=N\NC(=O)CCn2cncn2)sc2ccccc21. The maximum absolute atomic E-state index is 11.8. The number of hydrogen-bond acceptors (Lipinski definition) is 5. The largest absolute Gasteiger partial charge is 0.318 e. The number of carbonyl (C=O) groups is 1. The average molecular weight is 302 g/mol. The number of hydrogen-bond donors (Lipinski definition) is 1. The van der Waals surface area contributed by atoms with Crippen molar-refractivity contribution >= 4 is 27.5 Å². The Morgan fingerprint density at radius 2 is 2.29 bits per heavy atom. The Balaban J connectivity index is 1.69. The minimum atomic E-state index is -0.150. The first-order valence-electron chi connectivity index (χ1n) is 6.43. The van der Waals surface area contributed by atoms with Gasteiger partial charge in [-0.25, -0.2) is 10.4 Å². The fourth-order valence-electron chi connectivity index (χ4n) is 1.92. The van der Waals surface area contributed by atoms with Crippen LogP contribution in [-0.2, 0) is 18.4 Å². The highest BCUT2D eigenvalue weighted by Gasteiger charge is 2.03. The normalized spacial score (nSPS) is 12.0. The molecule has 1 aromatic carbocycles. The Labute approximate surface area is 124 Å². The molecular weight excluding hydrogens is 288 g/mol. The first kappa shape index (κ1) is 13.5. The van der Waals surface area contributed by atoms with Crippen molar-refractivity contribution in [2.45, 2.75) is 13.0 Å². The van der Waals surface area contributed by atoms with Gasteiger partial charge >= 0.3 is 0 Å². The molecule has 0 fully saturated rings. The second-order valence-electron chi connectivity index (χ2n) is 4.47. The summed E-state index contributed by atoms with van der Waals surface area (Å²) in [6.07, 6.45) is 3.33. The summed E-state index contributed by atoms with van der Waals surface area (Å²) in [7, 11) is 1.93. The van der Waals surface area contributed by atoms with Gasteiger partial charge in [0.25, 0.3) is 0 Å². The maximum Gasteiger partial charge on any atom is 0.242 e. The predicted molar refractivity (Wildman–Crippen MR) is 79.1 cm³/mol. The molecule has 7 nitrogen and oxygen atoms in total. The number of para-hydroxylation sites is 1. The molecule has 3 rings (SSSR count). The van der Waals surface area contributed by atoms with Gasteiger partial charge in [-0.3, -0.25) is 9.48 Å². The molecular formula is C13H14N6OS. The number of carbonyl (C=O) groups excluding carboxylic acids is 1. The lowest BCUT2D eigenvalue weighted by molar-refractivity contribution is -0.121. The zero-order chi connectivity index (χ0) is 14.7. The van der Waals surface area contributed by atoms with E-state index in [1.807, 2.05) is 35.9 Å². The van der Waals surface area contributed by atoms with E-state index in [1.54, 1.807) is 11.0 Å².